The first kappa shape index (κ1) is 13.2. The van der Waals surface area contributed by atoms with Crippen LogP contribution in [-0.2, 0) is 0 Å². The molecule has 1 atom stereocenters. The van der Waals surface area contributed by atoms with Gasteiger partial charge in [0.2, 0.25) is 0 Å². The second-order valence-corrected chi connectivity index (χ2v) is 5.91. The highest BCUT2D eigenvalue weighted by Gasteiger charge is 2.41. The number of carboxylic acids is 1. The second-order valence-electron chi connectivity index (χ2n) is 5.91. The first-order valence-electron chi connectivity index (χ1n) is 7.24. The van der Waals surface area contributed by atoms with Crippen LogP contribution in [0.25, 0.3) is 0 Å². The molecule has 0 radical (unpaired) electrons. The summed E-state index contributed by atoms with van der Waals surface area (Å²) < 4.78 is 0. The molecular formula is C16H19NO3. The first-order chi connectivity index (χ1) is 9.58. The number of carbonyl (C=O) groups is 2. The zero-order valence-corrected chi connectivity index (χ0v) is 11.6. The number of rotatable bonds is 5. The number of aromatic carboxylic acids is 1. The van der Waals surface area contributed by atoms with E-state index in [-0.39, 0.29) is 17.5 Å². The SMILES string of the molecule is CC(C1CC1)N(C(=O)c1cccc(C(=O)O)c1)C1CC1. The molecular weight excluding hydrogens is 254 g/mol. The van der Waals surface area contributed by atoms with E-state index in [1.807, 2.05) is 4.90 Å². The highest BCUT2D eigenvalue weighted by atomic mass is 16.4. The van der Waals surface area contributed by atoms with Crippen molar-refractivity contribution >= 4 is 11.9 Å². The van der Waals surface area contributed by atoms with Crippen molar-refractivity contribution < 1.29 is 14.7 Å². The summed E-state index contributed by atoms with van der Waals surface area (Å²) in [5.41, 5.74) is 0.662. The smallest absolute Gasteiger partial charge is 0.335 e. The summed E-state index contributed by atoms with van der Waals surface area (Å²) in [7, 11) is 0. The van der Waals surface area contributed by atoms with Crippen molar-refractivity contribution in [3.8, 4) is 0 Å². The topological polar surface area (TPSA) is 57.6 Å². The molecule has 106 valence electrons. The van der Waals surface area contributed by atoms with Crippen molar-refractivity contribution in [3.63, 3.8) is 0 Å². The lowest BCUT2D eigenvalue weighted by molar-refractivity contribution is 0.0654. The van der Waals surface area contributed by atoms with E-state index < -0.39 is 5.97 Å². The molecule has 2 saturated carbocycles. The highest BCUT2D eigenvalue weighted by molar-refractivity contribution is 5.98. The molecule has 0 heterocycles. The fraction of sp³-hybridized carbons (Fsp3) is 0.500. The zero-order valence-electron chi connectivity index (χ0n) is 11.6. The van der Waals surface area contributed by atoms with Crippen LogP contribution in [-0.4, -0.2) is 34.0 Å². The zero-order chi connectivity index (χ0) is 14.3. The molecule has 1 aromatic carbocycles. The summed E-state index contributed by atoms with van der Waals surface area (Å²) in [6.45, 7) is 2.12. The Labute approximate surface area is 118 Å². The van der Waals surface area contributed by atoms with E-state index in [4.69, 9.17) is 5.11 Å². The number of benzene rings is 1. The average molecular weight is 273 g/mol. The standard InChI is InChI=1S/C16H19NO3/c1-10(11-5-6-11)17(14-7-8-14)15(18)12-3-2-4-13(9-12)16(19)20/h2-4,9-11,14H,5-8H2,1H3,(H,19,20). The summed E-state index contributed by atoms with van der Waals surface area (Å²) in [6.07, 6.45) is 4.54. The van der Waals surface area contributed by atoms with Crippen LogP contribution < -0.4 is 0 Å². The predicted molar refractivity (Wildman–Crippen MR) is 74.8 cm³/mol. The van der Waals surface area contributed by atoms with Crippen molar-refractivity contribution in [1.29, 1.82) is 0 Å². The molecule has 0 bridgehead atoms. The third-order valence-corrected chi connectivity index (χ3v) is 4.27. The summed E-state index contributed by atoms with van der Waals surface area (Å²) in [5, 5.41) is 9.03. The van der Waals surface area contributed by atoms with E-state index in [1.165, 1.54) is 25.0 Å². The van der Waals surface area contributed by atoms with E-state index >= 15 is 0 Å². The third kappa shape index (κ3) is 2.55. The molecule has 2 aliphatic carbocycles. The maximum Gasteiger partial charge on any atom is 0.335 e. The highest BCUT2D eigenvalue weighted by Crippen LogP contribution is 2.40. The van der Waals surface area contributed by atoms with E-state index in [0.29, 0.717) is 17.5 Å². The van der Waals surface area contributed by atoms with E-state index in [0.717, 1.165) is 12.8 Å². The molecule has 3 rings (SSSR count). The molecule has 0 saturated heterocycles. The van der Waals surface area contributed by atoms with Crippen molar-refractivity contribution in [2.45, 2.75) is 44.7 Å². The first-order valence-corrected chi connectivity index (χ1v) is 7.24. The molecule has 1 unspecified atom stereocenters. The largest absolute Gasteiger partial charge is 0.478 e. The van der Waals surface area contributed by atoms with Crippen molar-refractivity contribution in [3.05, 3.63) is 35.4 Å². The summed E-state index contributed by atoms with van der Waals surface area (Å²) in [6, 6.07) is 6.98. The van der Waals surface area contributed by atoms with Gasteiger partial charge in [0.15, 0.2) is 0 Å². The van der Waals surface area contributed by atoms with Crippen LogP contribution >= 0.6 is 0 Å². The minimum atomic E-state index is -0.993. The Balaban J connectivity index is 1.85. The molecule has 2 aliphatic rings. The number of hydrogen-bond acceptors (Lipinski definition) is 2. The Morgan fingerprint density at radius 3 is 2.40 bits per heavy atom. The predicted octanol–water partition coefficient (Wildman–Crippen LogP) is 2.79. The molecule has 4 nitrogen and oxygen atoms in total. The maximum absolute atomic E-state index is 12.7. The van der Waals surface area contributed by atoms with Gasteiger partial charge in [-0.1, -0.05) is 6.07 Å². The molecule has 0 spiro atoms. The van der Waals surface area contributed by atoms with Crippen molar-refractivity contribution in [1.82, 2.24) is 4.90 Å². The molecule has 1 amide bonds. The monoisotopic (exact) mass is 273 g/mol. The molecule has 1 N–H and O–H groups in total. The third-order valence-electron chi connectivity index (χ3n) is 4.27. The van der Waals surface area contributed by atoms with Gasteiger partial charge in [-0.15, -0.1) is 0 Å². The molecule has 4 heteroatoms. The Morgan fingerprint density at radius 2 is 1.85 bits per heavy atom. The number of amides is 1. The van der Waals surface area contributed by atoms with Crippen LogP contribution in [0.3, 0.4) is 0 Å². The van der Waals surface area contributed by atoms with Crippen LogP contribution in [0, 0.1) is 5.92 Å². The Hall–Kier alpha value is -1.84. The minimum Gasteiger partial charge on any atom is -0.478 e. The van der Waals surface area contributed by atoms with Gasteiger partial charge in [0.05, 0.1) is 5.56 Å². The van der Waals surface area contributed by atoms with Gasteiger partial charge >= 0.3 is 5.97 Å². The lowest BCUT2D eigenvalue weighted by atomic mass is 10.1. The Kier molecular flexibility index (Phi) is 3.24. The number of carboxylic acid groups (broad SMARTS) is 1. The van der Waals surface area contributed by atoms with Gasteiger partial charge in [-0.3, -0.25) is 4.79 Å². The average Bonchev–Trinajstić information content (AvgIpc) is 3.29. The number of hydrogen-bond donors (Lipinski definition) is 1. The normalized spacial score (nSPS) is 19.4. The van der Waals surface area contributed by atoms with E-state index in [1.54, 1.807) is 12.1 Å². The fourth-order valence-corrected chi connectivity index (χ4v) is 2.78. The quantitative estimate of drug-likeness (QED) is 0.897. The number of nitrogens with zero attached hydrogens (tertiary/aromatic N) is 1. The van der Waals surface area contributed by atoms with Gasteiger partial charge in [0, 0.05) is 17.6 Å². The lowest BCUT2D eigenvalue weighted by Gasteiger charge is -2.29. The van der Waals surface area contributed by atoms with Gasteiger partial charge in [-0.05, 0) is 56.7 Å². The molecule has 20 heavy (non-hydrogen) atoms. The van der Waals surface area contributed by atoms with Crippen LogP contribution in [0.1, 0.15) is 53.3 Å². The molecule has 0 aromatic heterocycles. The van der Waals surface area contributed by atoms with E-state index in [2.05, 4.69) is 6.92 Å². The van der Waals surface area contributed by atoms with Crippen molar-refractivity contribution in [2.24, 2.45) is 5.92 Å². The van der Waals surface area contributed by atoms with Gasteiger partial charge in [-0.25, -0.2) is 4.79 Å². The van der Waals surface area contributed by atoms with E-state index in [9.17, 15) is 9.59 Å². The number of carbonyl (C=O) groups excluding carboxylic acids is 1. The second kappa shape index (κ2) is 4.93. The van der Waals surface area contributed by atoms with Gasteiger partial charge in [0.1, 0.15) is 0 Å². The minimum absolute atomic E-state index is 0.0185. The van der Waals surface area contributed by atoms with Crippen molar-refractivity contribution in [2.75, 3.05) is 0 Å². The summed E-state index contributed by atoms with van der Waals surface area (Å²) >= 11 is 0. The molecule has 0 aliphatic heterocycles. The summed E-state index contributed by atoms with van der Waals surface area (Å²) in [4.78, 5) is 25.7. The van der Waals surface area contributed by atoms with Crippen LogP contribution in [0.2, 0.25) is 0 Å². The fourth-order valence-electron chi connectivity index (χ4n) is 2.78. The Bertz CT molecular complexity index is 546. The Morgan fingerprint density at radius 1 is 1.20 bits per heavy atom. The van der Waals surface area contributed by atoms with Crippen LogP contribution in [0.4, 0.5) is 0 Å². The van der Waals surface area contributed by atoms with Gasteiger partial charge < -0.3 is 10.0 Å². The van der Waals surface area contributed by atoms with Crippen LogP contribution in [0.15, 0.2) is 24.3 Å². The molecule has 1 aromatic rings. The lowest BCUT2D eigenvalue weighted by Crippen LogP contribution is -2.41. The molecule has 2 fully saturated rings. The summed E-state index contributed by atoms with van der Waals surface area (Å²) in [5.74, 6) is -0.384. The van der Waals surface area contributed by atoms with Gasteiger partial charge in [0.25, 0.3) is 5.91 Å². The van der Waals surface area contributed by atoms with Crippen LogP contribution in [0.5, 0.6) is 0 Å². The maximum atomic E-state index is 12.7. The van der Waals surface area contributed by atoms with Gasteiger partial charge in [-0.2, -0.15) is 0 Å².